The normalized spacial score (nSPS) is 15.6. The zero-order valence-corrected chi connectivity index (χ0v) is 18.9. The van der Waals surface area contributed by atoms with E-state index in [1.807, 2.05) is 54.1 Å². The van der Waals surface area contributed by atoms with Crippen LogP contribution < -0.4 is 10.2 Å². The van der Waals surface area contributed by atoms with Crippen LogP contribution in [0.3, 0.4) is 0 Å². The summed E-state index contributed by atoms with van der Waals surface area (Å²) < 4.78 is 2.76. The molecule has 1 saturated heterocycles. The predicted molar refractivity (Wildman–Crippen MR) is 126 cm³/mol. The minimum absolute atomic E-state index is 0.000155. The van der Waals surface area contributed by atoms with E-state index in [0.29, 0.717) is 16.4 Å². The maximum absolute atomic E-state index is 13.3. The fourth-order valence-corrected chi connectivity index (χ4v) is 4.12. The first-order chi connectivity index (χ1) is 14.3. The number of halogens is 2. The molecule has 1 aromatic heterocycles. The molecule has 0 aliphatic carbocycles. The van der Waals surface area contributed by atoms with Gasteiger partial charge in [-0.1, -0.05) is 27.5 Å². The second-order valence-electron chi connectivity index (χ2n) is 6.67. The first-order valence-corrected chi connectivity index (χ1v) is 10.5. The van der Waals surface area contributed by atoms with Gasteiger partial charge >= 0.3 is 0 Å². The van der Waals surface area contributed by atoms with E-state index >= 15 is 0 Å². The fraction of sp³-hybridized carbons (Fsp3) is 0.0455. The van der Waals surface area contributed by atoms with E-state index in [0.717, 1.165) is 15.7 Å². The van der Waals surface area contributed by atoms with Crippen molar-refractivity contribution >= 4 is 68.4 Å². The van der Waals surface area contributed by atoms with E-state index in [1.165, 1.54) is 4.90 Å². The Morgan fingerprint density at radius 3 is 2.53 bits per heavy atom. The number of aromatic nitrogens is 1. The van der Waals surface area contributed by atoms with Crippen molar-refractivity contribution in [3.8, 4) is 5.69 Å². The van der Waals surface area contributed by atoms with Gasteiger partial charge in [-0.15, -0.1) is 0 Å². The molecule has 1 N–H and O–H groups in total. The van der Waals surface area contributed by atoms with Crippen molar-refractivity contribution in [1.29, 1.82) is 0 Å². The highest BCUT2D eigenvalue weighted by atomic mass is 79.9. The first-order valence-electron chi connectivity index (χ1n) is 8.96. The van der Waals surface area contributed by atoms with Crippen LogP contribution in [-0.4, -0.2) is 21.5 Å². The second-order valence-corrected chi connectivity index (χ2v) is 8.41. The van der Waals surface area contributed by atoms with Crippen LogP contribution in [0, 0.1) is 6.92 Å². The van der Waals surface area contributed by atoms with E-state index in [1.54, 1.807) is 24.3 Å². The van der Waals surface area contributed by atoms with Crippen LogP contribution in [0.15, 0.2) is 70.8 Å². The molecule has 2 heterocycles. The number of thiocarbonyl (C=S) groups is 1. The lowest BCUT2D eigenvalue weighted by Crippen LogP contribution is -2.54. The lowest BCUT2D eigenvalue weighted by molar-refractivity contribution is -0.122. The van der Waals surface area contributed by atoms with Gasteiger partial charge in [-0.3, -0.25) is 19.8 Å². The molecule has 0 saturated carbocycles. The summed E-state index contributed by atoms with van der Waals surface area (Å²) in [5, 5.41) is 3.30. The van der Waals surface area contributed by atoms with E-state index in [9.17, 15) is 9.59 Å². The van der Waals surface area contributed by atoms with E-state index < -0.39 is 11.8 Å². The molecule has 1 fully saturated rings. The van der Waals surface area contributed by atoms with Crippen molar-refractivity contribution < 1.29 is 9.59 Å². The molecule has 0 bridgehead atoms. The average molecular weight is 501 g/mol. The molecule has 150 valence electrons. The maximum Gasteiger partial charge on any atom is 0.270 e. The van der Waals surface area contributed by atoms with E-state index in [2.05, 4.69) is 21.2 Å². The minimum atomic E-state index is -0.528. The molecule has 0 spiro atoms. The van der Waals surface area contributed by atoms with Gasteiger partial charge in [0.1, 0.15) is 5.57 Å². The average Bonchev–Trinajstić information content (AvgIpc) is 3.15. The summed E-state index contributed by atoms with van der Waals surface area (Å²) in [6, 6.07) is 16.4. The third kappa shape index (κ3) is 3.84. The summed E-state index contributed by atoms with van der Waals surface area (Å²) in [4.78, 5) is 27.2. The van der Waals surface area contributed by atoms with Crippen LogP contribution in [0.2, 0.25) is 5.02 Å². The monoisotopic (exact) mass is 499 g/mol. The standard InChI is InChI=1S/C22H15BrClN3O2S/c1-13-11-14(23)4-9-19(13)27-21(29)18(20(28)25-22(27)30)12-17-3-2-10-26(17)16-7-5-15(24)6-8-16/h2-12H,1H3,(H,25,28,30)/b18-12+. The Morgan fingerprint density at radius 1 is 1.10 bits per heavy atom. The zero-order chi connectivity index (χ0) is 21.4. The van der Waals surface area contributed by atoms with E-state index in [-0.39, 0.29) is 10.7 Å². The van der Waals surface area contributed by atoms with Gasteiger partial charge in [-0.05, 0) is 85.4 Å². The zero-order valence-electron chi connectivity index (χ0n) is 15.7. The van der Waals surface area contributed by atoms with Gasteiger partial charge in [0.2, 0.25) is 0 Å². The van der Waals surface area contributed by atoms with Gasteiger partial charge in [-0.25, -0.2) is 0 Å². The summed E-state index contributed by atoms with van der Waals surface area (Å²) in [5.74, 6) is -1.00. The smallest absolute Gasteiger partial charge is 0.270 e. The number of hydrogen-bond donors (Lipinski definition) is 1. The number of nitrogens with one attached hydrogen (secondary N) is 1. The molecular weight excluding hydrogens is 486 g/mol. The molecule has 30 heavy (non-hydrogen) atoms. The molecule has 4 rings (SSSR count). The van der Waals surface area contributed by atoms with Gasteiger partial charge in [0, 0.05) is 27.1 Å². The predicted octanol–water partition coefficient (Wildman–Crippen LogP) is 5.03. The van der Waals surface area contributed by atoms with Crippen molar-refractivity contribution in [2.45, 2.75) is 6.92 Å². The molecule has 2 amide bonds. The number of carbonyl (C=O) groups excluding carboxylic acids is 2. The molecule has 2 aromatic carbocycles. The largest absolute Gasteiger partial charge is 0.317 e. The molecule has 0 atom stereocenters. The summed E-state index contributed by atoms with van der Waals surface area (Å²) in [7, 11) is 0. The van der Waals surface area contributed by atoms with Crippen LogP contribution in [0.5, 0.6) is 0 Å². The molecule has 3 aromatic rings. The summed E-state index contributed by atoms with van der Waals surface area (Å²) in [6.07, 6.45) is 3.41. The molecular formula is C22H15BrClN3O2S. The highest BCUT2D eigenvalue weighted by molar-refractivity contribution is 9.10. The molecule has 1 aliphatic heterocycles. The number of aryl methyl sites for hydroxylation is 1. The molecule has 1 aliphatic rings. The van der Waals surface area contributed by atoms with Crippen LogP contribution in [0.1, 0.15) is 11.3 Å². The molecule has 8 heteroatoms. The van der Waals surface area contributed by atoms with Crippen molar-refractivity contribution in [3.63, 3.8) is 0 Å². The summed E-state index contributed by atoms with van der Waals surface area (Å²) in [6.45, 7) is 1.88. The summed E-state index contributed by atoms with van der Waals surface area (Å²) in [5.41, 5.74) is 3.00. The van der Waals surface area contributed by atoms with Crippen LogP contribution >= 0.6 is 39.7 Å². The Hall–Kier alpha value is -2.74. The Labute approximate surface area is 192 Å². The second kappa shape index (κ2) is 8.18. The van der Waals surface area contributed by atoms with E-state index in [4.69, 9.17) is 23.8 Å². The number of hydrogen-bond acceptors (Lipinski definition) is 3. The Kier molecular flexibility index (Phi) is 5.60. The van der Waals surface area contributed by atoms with Crippen molar-refractivity contribution in [1.82, 2.24) is 9.88 Å². The quantitative estimate of drug-likeness (QED) is 0.312. The number of benzene rings is 2. The van der Waals surface area contributed by atoms with Crippen LogP contribution in [0.4, 0.5) is 5.69 Å². The molecule has 5 nitrogen and oxygen atoms in total. The highest BCUT2D eigenvalue weighted by Gasteiger charge is 2.35. The lowest BCUT2D eigenvalue weighted by Gasteiger charge is -2.30. The minimum Gasteiger partial charge on any atom is -0.317 e. The third-order valence-corrected chi connectivity index (χ3v) is 5.71. The highest BCUT2D eigenvalue weighted by Crippen LogP contribution is 2.28. The number of amides is 2. The Morgan fingerprint density at radius 2 is 1.83 bits per heavy atom. The molecule has 0 radical (unpaired) electrons. The Balaban J connectivity index is 1.76. The summed E-state index contributed by atoms with van der Waals surface area (Å²) >= 11 is 14.7. The first kappa shape index (κ1) is 20.5. The number of rotatable bonds is 3. The van der Waals surface area contributed by atoms with Gasteiger partial charge in [-0.2, -0.15) is 0 Å². The van der Waals surface area contributed by atoms with Gasteiger partial charge in [0.25, 0.3) is 11.8 Å². The van der Waals surface area contributed by atoms with Gasteiger partial charge in [0.05, 0.1) is 5.69 Å². The van der Waals surface area contributed by atoms with Gasteiger partial charge in [0.15, 0.2) is 5.11 Å². The number of anilines is 1. The topological polar surface area (TPSA) is 54.3 Å². The Bertz CT molecular complexity index is 1220. The van der Waals surface area contributed by atoms with Crippen molar-refractivity contribution in [3.05, 3.63) is 87.1 Å². The van der Waals surface area contributed by atoms with Crippen LogP contribution in [0.25, 0.3) is 11.8 Å². The van der Waals surface area contributed by atoms with Crippen molar-refractivity contribution in [2.24, 2.45) is 0 Å². The number of carbonyl (C=O) groups is 2. The maximum atomic E-state index is 13.3. The van der Waals surface area contributed by atoms with Crippen LogP contribution in [-0.2, 0) is 9.59 Å². The molecule has 0 unspecified atom stereocenters. The third-order valence-electron chi connectivity index (χ3n) is 4.68. The lowest BCUT2D eigenvalue weighted by atomic mass is 10.1. The SMILES string of the molecule is Cc1cc(Br)ccc1N1C(=O)/C(=C/c2cccn2-c2ccc(Cl)cc2)C(=O)NC1=S. The van der Waals surface area contributed by atoms with Gasteiger partial charge < -0.3 is 4.57 Å². The fourth-order valence-electron chi connectivity index (χ4n) is 3.24. The number of nitrogens with zero attached hydrogens (tertiary/aromatic N) is 2. The van der Waals surface area contributed by atoms with Crippen molar-refractivity contribution in [2.75, 3.05) is 4.90 Å².